The Morgan fingerprint density at radius 2 is 1.86 bits per heavy atom. The van der Waals surface area contributed by atoms with Crippen LogP contribution < -0.4 is 4.74 Å². The van der Waals surface area contributed by atoms with Crippen molar-refractivity contribution in [1.82, 2.24) is 0 Å². The molecule has 1 radical (unpaired) electrons. The Balaban J connectivity index is 2.95. The van der Waals surface area contributed by atoms with Crippen molar-refractivity contribution in [1.29, 1.82) is 0 Å². The highest BCUT2D eigenvalue weighted by molar-refractivity contribution is 6.30. The van der Waals surface area contributed by atoms with Crippen LogP contribution in [0, 0.1) is 5.92 Å². The quantitative estimate of drug-likeness (QED) is 0.732. The summed E-state index contributed by atoms with van der Waals surface area (Å²) < 4.78 is 5.59. The predicted octanol–water partition coefficient (Wildman–Crippen LogP) is 4.09. The molecule has 0 saturated heterocycles. The highest BCUT2D eigenvalue weighted by atomic mass is 35.5. The van der Waals surface area contributed by atoms with Crippen LogP contribution in [0.2, 0.25) is 5.02 Å². The number of benzene rings is 1. The van der Waals surface area contributed by atoms with Crippen LogP contribution in [0.4, 0.5) is 0 Å². The first kappa shape index (κ1) is 11.4. The fourth-order valence-corrected chi connectivity index (χ4v) is 1.42. The lowest BCUT2D eigenvalue weighted by molar-refractivity contribution is 0.242. The molecule has 0 amide bonds. The summed E-state index contributed by atoms with van der Waals surface area (Å²) in [5, 5.41) is 0.722. The smallest absolute Gasteiger partial charge is 0.121 e. The molecule has 2 heteroatoms. The molecule has 0 saturated carbocycles. The van der Waals surface area contributed by atoms with Crippen LogP contribution in [0.5, 0.6) is 5.75 Å². The fourth-order valence-electron chi connectivity index (χ4n) is 1.19. The third-order valence-corrected chi connectivity index (χ3v) is 2.04. The summed E-state index contributed by atoms with van der Waals surface area (Å²) in [6, 6.07) is 5.80. The van der Waals surface area contributed by atoms with Crippen molar-refractivity contribution in [2.45, 2.75) is 33.8 Å². The zero-order valence-electron chi connectivity index (χ0n) is 9.10. The molecule has 1 nitrogen and oxygen atoms in total. The Kier molecular flexibility index (Phi) is 3.82. The van der Waals surface area contributed by atoms with Gasteiger partial charge in [0, 0.05) is 5.02 Å². The highest BCUT2D eigenvalue weighted by Crippen LogP contribution is 2.25. The number of rotatable bonds is 3. The van der Waals surface area contributed by atoms with E-state index in [0.29, 0.717) is 0 Å². The summed E-state index contributed by atoms with van der Waals surface area (Å²) in [6.45, 7) is 8.13. The summed E-state index contributed by atoms with van der Waals surface area (Å²) in [4.78, 5) is 0. The van der Waals surface area contributed by atoms with E-state index in [4.69, 9.17) is 16.3 Å². The maximum Gasteiger partial charge on any atom is 0.121 e. The molecular weight excluding hydrogens is 196 g/mol. The lowest BCUT2D eigenvalue weighted by Gasteiger charge is -2.13. The maximum atomic E-state index is 5.98. The molecule has 0 unspecified atom stereocenters. The van der Waals surface area contributed by atoms with Crippen molar-refractivity contribution < 1.29 is 4.74 Å². The largest absolute Gasteiger partial charge is 0.491 e. The second-order valence-electron chi connectivity index (χ2n) is 3.84. The highest BCUT2D eigenvalue weighted by Gasteiger charge is 2.05. The van der Waals surface area contributed by atoms with Gasteiger partial charge in [-0.2, -0.15) is 0 Å². The van der Waals surface area contributed by atoms with Gasteiger partial charge < -0.3 is 4.74 Å². The molecule has 0 aliphatic rings. The predicted molar refractivity (Wildman–Crippen MR) is 60.9 cm³/mol. The van der Waals surface area contributed by atoms with E-state index < -0.39 is 0 Å². The Bertz CT molecular complexity index is 305. The molecule has 0 aliphatic heterocycles. The lowest BCUT2D eigenvalue weighted by Crippen LogP contribution is -2.06. The summed E-state index contributed by atoms with van der Waals surface area (Å²) >= 11 is 5.98. The van der Waals surface area contributed by atoms with Gasteiger partial charge in [-0.15, -0.1) is 0 Å². The Morgan fingerprint density at radius 3 is 2.36 bits per heavy atom. The number of hydrogen-bond donors (Lipinski definition) is 0. The number of ether oxygens (including phenoxy) is 1. The molecule has 0 bridgehead atoms. The van der Waals surface area contributed by atoms with Gasteiger partial charge in [-0.3, -0.25) is 0 Å². The summed E-state index contributed by atoms with van der Waals surface area (Å²) in [7, 11) is 0. The minimum absolute atomic E-state index is 0.179. The minimum Gasteiger partial charge on any atom is -0.491 e. The van der Waals surface area contributed by atoms with Gasteiger partial charge in [0.25, 0.3) is 0 Å². The van der Waals surface area contributed by atoms with Crippen molar-refractivity contribution in [3.05, 3.63) is 34.7 Å². The molecule has 0 aromatic heterocycles. The molecule has 14 heavy (non-hydrogen) atoms. The molecule has 0 atom stereocenters. The molecule has 1 aromatic carbocycles. The average Bonchev–Trinajstić information content (AvgIpc) is 2.01. The number of halogens is 1. The van der Waals surface area contributed by atoms with Gasteiger partial charge in [-0.25, -0.2) is 0 Å². The van der Waals surface area contributed by atoms with Crippen LogP contribution in [0.15, 0.2) is 18.2 Å². The van der Waals surface area contributed by atoms with Gasteiger partial charge in [-0.05, 0) is 43.5 Å². The molecule has 0 heterocycles. The molecular formula is C12H16ClO. The van der Waals surface area contributed by atoms with E-state index in [9.17, 15) is 0 Å². The van der Waals surface area contributed by atoms with Crippen LogP contribution >= 0.6 is 11.6 Å². The van der Waals surface area contributed by atoms with E-state index >= 15 is 0 Å². The topological polar surface area (TPSA) is 9.23 Å². The Morgan fingerprint density at radius 1 is 1.21 bits per heavy atom. The van der Waals surface area contributed by atoms with E-state index in [1.807, 2.05) is 32.0 Å². The van der Waals surface area contributed by atoms with Crippen molar-refractivity contribution in [2.24, 2.45) is 0 Å². The molecule has 0 aliphatic carbocycles. The van der Waals surface area contributed by atoms with E-state index in [1.165, 1.54) is 5.92 Å². The van der Waals surface area contributed by atoms with Crippen LogP contribution in [0.25, 0.3) is 0 Å². The first-order chi connectivity index (χ1) is 6.49. The second-order valence-corrected chi connectivity index (χ2v) is 4.28. The van der Waals surface area contributed by atoms with Crippen molar-refractivity contribution in [3.8, 4) is 5.75 Å². The molecule has 0 spiro atoms. The minimum atomic E-state index is 0.179. The number of hydrogen-bond acceptors (Lipinski definition) is 1. The zero-order valence-corrected chi connectivity index (χ0v) is 9.85. The fraction of sp³-hybridized carbons (Fsp3) is 0.417. The van der Waals surface area contributed by atoms with E-state index in [2.05, 4.69) is 13.8 Å². The van der Waals surface area contributed by atoms with Gasteiger partial charge in [0.15, 0.2) is 0 Å². The van der Waals surface area contributed by atoms with Crippen molar-refractivity contribution in [3.63, 3.8) is 0 Å². The monoisotopic (exact) mass is 211 g/mol. The van der Waals surface area contributed by atoms with Gasteiger partial charge in [-0.1, -0.05) is 25.4 Å². The van der Waals surface area contributed by atoms with Gasteiger partial charge in [0.05, 0.1) is 6.10 Å². The van der Waals surface area contributed by atoms with Crippen LogP contribution in [-0.4, -0.2) is 6.10 Å². The molecule has 0 N–H and O–H groups in total. The summed E-state index contributed by atoms with van der Waals surface area (Å²) in [5.41, 5.74) is 1.13. The molecule has 1 rings (SSSR count). The Labute approximate surface area is 91.0 Å². The first-order valence-electron chi connectivity index (χ1n) is 4.77. The van der Waals surface area contributed by atoms with E-state index in [1.54, 1.807) is 0 Å². The lowest BCUT2D eigenvalue weighted by atomic mass is 10.0. The van der Waals surface area contributed by atoms with Crippen LogP contribution in [-0.2, 0) is 0 Å². The van der Waals surface area contributed by atoms with Crippen LogP contribution in [0.3, 0.4) is 0 Å². The molecule has 0 fully saturated rings. The van der Waals surface area contributed by atoms with E-state index in [0.717, 1.165) is 16.3 Å². The molecule has 1 aromatic rings. The second kappa shape index (κ2) is 4.70. The van der Waals surface area contributed by atoms with Gasteiger partial charge in [0.1, 0.15) is 5.75 Å². The van der Waals surface area contributed by atoms with Gasteiger partial charge in [0.2, 0.25) is 0 Å². The van der Waals surface area contributed by atoms with Crippen molar-refractivity contribution in [2.75, 3.05) is 0 Å². The zero-order chi connectivity index (χ0) is 10.7. The van der Waals surface area contributed by atoms with Crippen LogP contribution in [0.1, 0.15) is 33.3 Å². The average molecular weight is 212 g/mol. The molecule has 77 valence electrons. The maximum absolute atomic E-state index is 5.98. The van der Waals surface area contributed by atoms with E-state index in [-0.39, 0.29) is 6.10 Å². The Hall–Kier alpha value is -0.690. The standard InChI is InChI=1S/C12H16ClO/c1-8(2)10-5-11(13)7-12(6-10)14-9(3)4/h5-7,9H,1-4H3. The summed E-state index contributed by atoms with van der Waals surface area (Å²) in [5.74, 6) is 2.07. The normalized spacial score (nSPS) is 11.1. The third-order valence-electron chi connectivity index (χ3n) is 1.82. The van der Waals surface area contributed by atoms with Crippen molar-refractivity contribution >= 4 is 11.6 Å². The summed E-state index contributed by atoms with van der Waals surface area (Å²) in [6.07, 6.45) is 0.179. The SMILES string of the molecule is C[C](C)c1cc(Cl)cc(OC(C)C)c1. The first-order valence-corrected chi connectivity index (χ1v) is 5.14. The third kappa shape index (κ3) is 3.22. The van der Waals surface area contributed by atoms with Gasteiger partial charge >= 0.3 is 0 Å².